The smallest absolute Gasteiger partial charge is 0.323 e. The summed E-state index contributed by atoms with van der Waals surface area (Å²) in [7, 11) is 1.40. The summed E-state index contributed by atoms with van der Waals surface area (Å²) in [4.78, 5) is 26.0. The molecule has 2 atom stereocenters. The molecule has 0 bridgehead atoms. The monoisotopic (exact) mass is 270 g/mol. The lowest BCUT2D eigenvalue weighted by Crippen LogP contribution is -2.56. The lowest BCUT2D eigenvalue weighted by atomic mass is 9.99. The second-order valence-electron chi connectivity index (χ2n) is 6.19. The molecule has 0 radical (unpaired) electrons. The first-order valence-electron chi connectivity index (χ1n) is 6.92. The third-order valence-electron chi connectivity index (χ3n) is 3.39. The van der Waals surface area contributed by atoms with Crippen LogP contribution in [0, 0.1) is 0 Å². The van der Waals surface area contributed by atoms with Crippen LogP contribution in [-0.2, 0) is 14.3 Å². The van der Waals surface area contributed by atoms with E-state index in [1.165, 1.54) is 7.11 Å². The minimum atomic E-state index is -0.316. The van der Waals surface area contributed by atoms with E-state index in [9.17, 15) is 9.59 Å². The molecule has 0 spiro atoms. The van der Waals surface area contributed by atoms with Gasteiger partial charge < -0.3 is 10.1 Å². The zero-order chi connectivity index (χ0) is 14.6. The highest BCUT2D eigenvalue weighted by Crippen LogP contribution is 2.21. The second kappa shape index (κ2) is 6.37. The topological polar surface area (TPSA) is 58.6 Å². The molecule has 1 heterocycles. The molecule has 0 aromatic carbocycles. The van der Waals surface area contributed by atoms with Crippen LogP contribution in [0.3, 0.4) is 0 Å². The van der Waals surface area contributed by atoms with Crippen molar-refractivity contribution in [3.63, 3.8) is 0 Å². The number of esters is 1. The highest BCUT2D eigenvalue weighted by atomic mass is 16.5. The number of hydrogen-bond acceptors (Lipinski definition) is 4. The Morgan fingerprint density at radius 3 is 2.47 bits per heavy atom. The zero-order valence-corrected chi connectivity index (χ0v) is 12.7. The van der Waals surface area contributed by atoms with Crippen LogP contribution >= 0.6 is 0 Å². The van der Waals surface area contributed by atoms with Crippen molar-refractivity contribution in [2.24, 2.45) is 0 Å². The van der Waals surface area contributed by atoms with Crippen molar-refractivity contribution >= 4 is 11.9 Å². The number of methoxy groups -OCH3 is 1. The van der Waals surface area contributed by atoms with Gasteiger partial charge in [-0.2, -0.15) is 0 Å². The van der Waals surface area contributed by atoms with Crippen molar-refractivity contribution in [1.82, 2.24) is 10.2 Å². The molecule has 1 N–H and O–H groups in total. The summed E-state index contributed by atoms with van der Waals surface area (Å²) in [6, 6.07) is -0.608. The molecule has 1 rings (SSSR count). The number of nitrogens with zero attached hydrogens (tertiary/aromatic N) is 1. The molecule has 2 unspecified atom stereocenters. The van der Waals surface area contributed by atoms with Crippen LogP contribution in [0.2, 0.25) is 0 Å². The van der Waals surface area contributed by atoms with Gasteiger partial charge in [-0.15, -0.1) is 0 Å². The van der Waals surface area contributed by atoms with E-state index in [1.807, 2.05) is 32.6 Å². The Balaban J connectivity index is 2.74. The van der Waals surface area contributed by atoms with Crippen LogP contribution in [0.4, 0.5) is 0 Å². The van der Waals surface area contributed by atoms with E-state index in [2.05, 4.69) is 5.32 Å². The number of rotatable bonds is 3. The molecule has 0 aromatic rings. The van der Waals surface area contributed by atoms with E-state index >= 15 is 0 Å². The van der Waals surface area contributed by atoms with Gasteiger partial charge in [-0.1, -0.05) is 6.42 Å². The summed E-state index contributed by atoms with van der Waals surface area (Å²) >= 11 is 0. The van der Waals surface area contributed by atoms with Crippen LogP contribution in [0.15, 0.2) is 0 Å². The third kappa shape index (κ3) is 4.49. The number of hydrogen-bond donors (Lipinski definition) is 1. The number of carbonyl (C=O) groups excluding carboxylic acids is 2. The normalized spacial score (nSPS) is 22.7. The van der Waals surface area contributed by atoms with Gasteiger partial charge in [0.25, 0.3) is 0 Å². The van der Waals surface area contributed by atoms with Gasteiger partial charge in [-0.25, -0.2) is 0 Å². The van der Waals surface area contributed by atoms with Crippen LogP contribution in [0.5, 0.6) is 0 Å². The summed E-state index contributed by atoms with van der Waals surface area (Å²) in [5.74, 6) is -0.279. The van der Waals surface area contributed by atoms with E-state index in [4.69, 9.17) is 4.74 Å². The molecule has 5 nitrogen and oxygen atoms in total. The molecule has 19 heavy (non-hydrogen) atoms. The van der Waals surface area contributed by atoms with E-state index in [-0.39, 0.29) is 29.5 Å². The maximum atomic E-state index is 12.2. The van der Waals surface area contributed by atoms with Crippen LogP contribution in [0.25, 0.3) is 0 Å². The minimum absolute atomic E-state index is 0.0386. The number of nitrogens with one attached hydrogen (secondary N) is 1. The van der Waals surface area contributed by atoms with E-state index < -0.39 is 0 Å². The van der Waals surface area contributed by atoms with Gasteiger partial charge >= 0.3 is 5.97 Å². The Kier molecular flexibility index (Phi) is 5.35. The maximum Gasteiger partial charge on any atom is 0.323 e. The molecule has 0 aromatic heterocycles. The first-order chi connectivity index (χ1) is 8.76. The first-order valence-corrected chi connectivity index (χ1v) is 6.92. The van der Waals surface area contributed by atoms with Gasteiger partial charge in [-0.3, -0.25) is 14.5 Å². The number of likely N-dealkylation sites (tertiary alicyclic amines) is 1. The summed E-state index contributed by atoms with van der Waals surface area (Å²) in [5, 5.41) is 2.96. The SMILES string of the molecule is COC(=O)C1CCCCN1C(C)C(=O)NC(C)(C)C. The molecule has 110 valence electrons. The fourth-order valence-electron chi connectivity index (χ4n) is 2.43. The maximum absolute atomic E-state index is 12.2. The summed E-state index contributed by atoms with van der Waals surface area (Å²) in [6.45, 7) is 8.46. The molecule has 0 saturated carbocycles. The second-order valence-corrected chi connectivity index (χ2v) is 6.19. The Bertz CT molecular complexity index is 336. The lowest BCUT2D eigenvalue weighted by Gasteiger charge is -2.38. The minimum Gasteiger partial charge on any atom is -0.468 e. The molecule has 1 aliphatic heterocycles. The van der Waals surface area contributed by atoms with Crippen LogP contribution in [-0.4, -0.2) is 48.1 Å². The van der Waals surface area contributed by atoms with Crippen LogP contribution < -0.4 is 5.32 Å². The summed E-state index contributed by atoms with van der Waals surface area (Å²) in [5.41, 5.74) is -0.262. The van der Waals surface area contributed by atoms with Crippen molar-refractivity contribution in [3.8, 4) is 0 Å². The molecule has 5 heteroatoms. The zero-order valence-electron chi connectivity index (χ0n) is 12.7. The largest absolute Gasteiger partial charge is 0.468 e. The Hall–Kier alpha value is -1.10. The predicted octanol–water partition coefficient (Wildman–Crippen LogP) is 1.32. The van der Waals surface area contributed by atoms with Gasteiger partial charge in [0.05, 0.1) is 13.2 Å². The van der Waals surface area contributed by atoms with E-state index in [0.717, 1.165) is 25.8 Å². The summed E-state index contributed by atoms with van der Waals surface area (Å²) in [6.07, 6.45) is 2.78. The van der Waals surface area contributed by atoms with Crippen molar-refractivity contribution < 1.29 is 14.3 Å². The van der Waals surface area contributed by atoms with Crippen molar-refractivity contribution in [2.75, 3.05) is 13.7 Å². The highest BCUT2D eigenvalue weighted by molar-refractivity contribution is 5.83. The van der Waals surface area contributed by atoms with Crippen molar-refractivity contribution in [1.29, 1.82) is 0 Å². The molecule has 1 aliphatic rings. The number of carbonyl (C=O) groups is 2. The average molecular weight is 270 g/mol. The third-order valence-corrected chi connectivity index (χ3v) is 3.39. The van der Waals surface area contributed by atoms with E-state index in [1.54, 1.807) is 0 Å². The fourth-order valence-corrected chi connectivity index (χ4v) is 2.43. The Labute approximate surface area is 115 Å². The van der Waals surface area contributed by atoms with Crippen molar-refractivity contribution in [3.05, 3.63) is 0 Å². The Morgan fingerprint density at radius 2 is 1.95 bits per heavy atom. The standard InChI is InChI=1S/C14H26N2O3/c1-10(12(17)15-14(2,3)4)16-9-7-6-8-11(16)13(18)19-5/h10-11H,6-9H2,1-5H3,(H,15,17). The number of amides is 1. The van der Waals surface area contributed by atoms with Crippen LogP contribution in [0.1, 0.15) is 47.0 Å². The predicted molar refractivity (Wildman–Crippen MR) is 73.7 cm³/mol. The quantitative estimate of drug-likeness (QED) is 0.786. The fraction of sp³-hybridized carbons (Fsp3) is 0.857. The van der Waals surface area contributed by atoms with Gasteiger partial charge in [0.2, 0.25) is 5.91 Å². The molecule has 1 fully saturated rings. The van der Waals surface area contributed by atoms with Gasteiger partial charge in [-0.05, 0) is 47.1 Å². The molecular weight excluding hydrogens is 244 g/mol. The average Bonchev–Trinajstić information content (AvgIpc) is 2.35. The number of piperidine rings is 1. The lowest BCUT2D eigenvalue weighted by molar-refractivity contribution is -0.150. The molecule has 1 saturated heterocycles. The van der Waals surface area contributed by atoms with Gasteiger partial charge in [0, 0.05) is 5.54 Å². The summed E-state index contributed by atoms with van der Waals surface area (Å²) < 4.78 is 4.84. The van der Waals surface area contributed by atoms with E-state index in [0.29, 0.717) is 0 Å². The van der Waals surface area contributed by atoms with Gasteiger partial charge in [0.15, 0.2) is 0 Å². The van der Waals surface area contributed by atoms with Crippen molar-refractivity contribution in [2.45, 2.75) is 64.6 Å². The Morgan fingerprint density at radius 1 is 1.32 bits per heavy atom. The first kappa shape index (κ1) is 16.0. The molecule has 0 aliphatic carbocycles. The highest BCUT2D eigenvalue weighted by Gasteiger charge is 2.35. The molecule has 1 amide bonds. The molecular formula is C14H26N2O3. The number of ether oxygens (including phenoxy) is 1. The van der Waals surface area contributed by atoms with Gasteiger partial charge in [0.1, 0.15) is 6.04 Å².